The molecule has 0 bridgehead atoms. The zero-order chi connectivity index (χ0) is 15.5. The smallest absolute Gasteiger partial charge is 0.305 e. The summed E-state index contributed by atoms with van der Waals surface area (Å²) in [5.74, 6) is 0.609. The Hall–Kier alpha value is -0.830. The maximum atomic E-state index is 11.2. The van der Waals surface area contributed by atoms with Gasteiger partial charge in [-0.25, -0.2) is 0 Å². The third-order valence-electron chi connectivity index (χ3n) is 2.87. The zero-order valence-electron chi connectivity index (χ0n) is 13.5. The summed E-state index contributed by atoms with van der Waals surface area (Å²) in [5, 5.41) is 6.46. The Bertz CT molecular complexity index is 463. The van der Waals surface area contributed by atoms with E-state index in [1.54, 1.807) is 7.05 Å². The van der Waals surface area contributed by atoms with Crippen LogP contribution in [0.15, 0.2) is 17.1 Å². The predicted octanol–water partition coefficient (Wildman–Crippen LogP) is 2.94. The third-order valence-corrected chi connectivity index (χ3v) is 4.10. The summed E-state index contributed by atoms with van der Waals surface area (Å²) in [7, 11) is 1.74. The number of hydrogen-bond acceptors (Lipinski definition) is 4. The third kappa shape index (κ3) is 8.57. The topological polar surface area (TPSA) is 62.7 Å². The number of hydrogen-bond donors (Lipinski definition) is 2. The van der Waals surface area contributed by atoms with Gasteiger partial charge in [0.15, 0.2) is 5.96 Å². The van der Waals surface area contributed by atoms with Gasteiger partial charge in [0, 0.05) is 29.8 Å². The number of nitrogens with zero attached hydrogens (tertiary/aromatic N) is 1. The predicted molar refractivity (Wildman–Crippen MR) is 103 cm³/mol. The Kier molecular flexibility index (Phi) is 12.2. The Labute approximate surface area is 154 Å². The molecule has 1 rings (SSSR count). The van der Waals surface area contributed by atoms with Crippen LogP contribution in [0.4, 0.5) is 0 Å². The number of aliphatic imine (C=N–C) groups is 1. The van der Waals surface area contributed by atoms with Gasteiger partial charge in [-0.2, -0.15) is 0 Å². The van der Waals surface area contributed by atoms with Crippen LogP contribution >= 0.6 is 35.3 Å². The van der Waals surface area contributed by atoms with Crippen molar-refractivity contribution in [3.63, 3.8) is 0 Å². The highest BCUT2D eigenvalue weighted by molar-refractivity contribution is 14.0. The molecule has 0 spiro atoms. The second kappa shape index (κ2) is 12.7. The number of thiophene rings is 1. The van der Waals surface area contributed by atoms with Crippen LogP contribution in [0.5, 0.6) is 0 Å². The number of esters is 1. The molecule has 0 aliphatic rings. The summed E-state index contributed by atoms with van der Waals surface area (Å²) in [5.41, 5.74) is 0. The van der Waals surface area contributed by atoms with E-state index in [9.17, 15) is 4.79 Å². The summed E-state index contributed by atoms with van der Waals surface area (Å²) < 4.78 is 4.88. The molecule has 0 saturated heterocycles. The van der Waals surface area contributed by atoms with Gasteiger partial charge < -0.3 is 15.4 Å². The van der Waals surface area contributed by atoms with Crippen molar-refractivity contribution in [1.29, 1.82) is 0 Å². The molecule has 22 heavy (non-hydrogen) atoms. The van der Waals surface area contributed by atoms with Crippen molar-refractivity contribution in [1.82, 2.24) is 10.6 Å². The minimum absolute atomic E-state index is 0. The van der Waals surface area contributed by atoms with E-state index < -0.39 is 0 Å². The first-order chi connectivity index (χ1) is 10.2. The molecule has 2 N–H and O–H groups in total. The number of halogens is 1. The highest BCUT2D eigenvalue weighted by Crippen LogP contribution is 2.16. The molecule has 1 heterocycles. The Morgan fingerprint density at radius 2 is 2.00 bits per heavy atom. The van der Waals surface area contributed by atoms with Crippen molar-refractivity contribution in [3.05, 3.63) is 21.9 Å². The molecule has 1 aromatic rings. The van der Waals surface area contributed by atoms with Gasteiger partial charge in [-0.1, -0.05) is 6.92 Å². The lowest BCUT2D eigenvalue weighted by Gasteiger charge is -2.10. The monoisotopic (exact) mass is 439 g/mol. The summed E-state index contributed by atoms with van der Waals surface area (Å²) in [4.78, 5) is 18.1. The van der Waals surface area contributed by atoms with E-state index in [1.165, 1.54) is 9.75 Å². The second-order valence-electron chi connectivity index (χ2n) is 4.48. The molecule has 1 aromatic heterocycles. The quantitative estimate of drug-likeness (QED) is 0.215. The molecule has 0 aliphatic carbocycles. The molecular formula is C15H26IN3O2S. The van der Waals surface area contributed by atoms with Gasteiger partial charge >= 0.3 is 5.97 Å². The molecule has 0 radical (unpaired) electrons. The van der Waals surface area contributed by atoms with E-state index in [0.717, 1.165) is 25.3 Å². The van der Waals surface area contributed by atoms with Crippen LogP contribution in [0.25, 0.3) is 0 Å². The highest BCUT2D eigenvalue weighted by atomic mass is 127. The summed E-state index contributed by atoms with van der Waals surface area (Å²) >= 11 is 1.82. The van der Waals surface area contributed by atoms with Crippen LogP contribution in [-0.4, -0.2) is 32.1 Å². The van der Waals surface area contributed by atoms with Crippen molar-refractivity contribution >= 4 is 47.2 Å². The molecule has 0 fully saturated rings. The fourth-order valence-electron chi connectivity index (χ4n) is 1.77. The van der Waals surface area contributed by atoms with Crippen LogP contribution in [0.2, 0.25) is 0 Å². The number of carbonyl (C=O) groups is 1. The Balaban J connectivity index is 0.00000441. The molecule has 5 nitrogen and oxygen atoms in total. The van der Waals surface area contributed by atoms with E-state index in [0.29, 0.717) is 19.6 Å². The lowest BCUT2D eigenvalue weighted by Crippen LogP contribution is -2.37. The van der Waals surface area contributed by atoms with E-state index in [4.69, 9.17) is 4.74 Å². The van der Waals surface area contributed by atoms with Gasteiger partial charge in [0.2, 0.25) is 0 Å². The van der Waals surface area contributed by atoms with Gasteiger partial charge in [-0.05, 0) is 31.9 Å². The standard InChI is InChI=1S/C15H25N3O2S.HI/c1-4-12-8-9-13(21-12)11-18-15(16-3)17-10-6-7-14(19)20-5-2;/h8-9H,4-7,10-11H2,1-3H3,(H2,16,17,18);1H. The molecule has 0 saturated carbocycles. The zero-order valence-corrected chi connectivity index (χ0v) is 16.6. The minimum Gasteiger partial charge on any atom is -0.466 e. The molecule has 7 heteroatoms. The Morgan fingerprint density at radius 1 is 1.27 bits per heavy atom. The van der Waals surface area contributed by atoms with Crippen LogP contribution in [0, 0.1) is 0 Å². The van der Waals surface area contributed by atoms with Crippen LogP contribution in [0.3, 0.4) is 0 Å². The largest absolute Gasteiger partial charge is 0.466 e. The summed E-state index contributed by atoms with van der Waals surface area (Å²) in [6, 6.07) is 4.31. The molecule has 126 valence electrons. The molecule has 0 amide bonds. The fraction of sp³-hybridized carbons (Fsp3) is 0.600. The van der Waals surface area contributed by atoms with E-state index in [-0.39, 0.29) is 29.9 Å². The van der Waals surface area contributed by atoms with Crippen molar-refractivity contribution in [2.24, 2.45) is 4.99 Å². The van der Waals surface area contributed by atoms with E-state index in [2.05, 4.69) is 34.7 Å². The van der Waals surface area contributed by atoms with Gasteiger partial charge in [0.05, 0.1) is 13.2 Å². The lowest BCUT2D eigenvalue weighted by atomic mass is 10.3. The second-order valence-corrected chi connectivity index (χ2v) is 5.74. The van der Waals surface area contributed by atoms with Gasteiger partial charge in [-0.3, -0.25) is 9.79 Å². The van der Waals surface area contributed by atoms with Crippen molar-refractivity contribution in [3.8, 4) is 0 Å². The van der Waals surface area contributed by atoms with Crippen molar-refractivity contribution in [2.75, 3.05) is 20.2 Å². The van der Waals surface area contributed by atoms with Crippen LogP contribution < -0.4 is 10.6 Å². The van der Waals surface area contributed by atoms with Gasteiger partial charge in [-0.15, -0.1) is 35.3 Å². The first-order valence-electron chi connectivity index (χ1n) is 7.37. The van der Waals surface area contributed by atoms with Crippen molar-refractivity contribution in [2.45, 2.75) is 39.7 Å². The van der Waals surface area contributed by atoms with Gasteiger partial charge in [0.1, 0.15) is 0 Å². The number of aryl methyl sites for hydroxylation is 1. The molecule has 0 aromatic carbocycles. The highest BCUT2D eigenvalue weighted by Gasteiger charge is 2.03. The van der Waals surface area contributed by atoms with E-state index >= 15 is 0 Å². The average Bonchev–Trinajstić information content (AvgIpc) is 2.95. The molecule has 0 atom stereocenters. The van der Waals surface area contributed by atoms with Crippen LogP contribution in [-0.2, 0) is 22.5 Å². The fourth-order valence-corrected chi connectivity index (χ4v) is 2.67. The summed E-state index contributed by atoms with van der Waals surface area (Å²) in [6.07, 6.45) is 2.24. The maximum absolute atomic E-state index is 11.2. The normalized spacial score (nSPS) is 10.8. The SMILES string of the molecule is CCOC(=O)CCCNC(=NC)NCc1ccc(CC)s1.I. The first kappa shape index (κ1) is 21.2. The number of guanidine groups is 1. The van der Waals surface area contributed by atoms with Crippen molar-refractivity contribution < 1.29 is 9.53 Å². The first-order valence-corrected chi connectivity index (χ1v) is 8.19. The minimum atomic E-state index is -0.145. The van der Waals surface area contributed by atoms with Gasteiger partial charge in [0.25, 0.3) is 0 Å². The van der Waals surface area contributed by atoms with E-state index in [1.807, 2.05) is 18.3 Å². The lowest BCUT2D eigenvalue weighted by molar-refractivity contribution is -0.143. The average molecular weight is 439 g/mol. The number of ether oxygens (including phenoxy) is 1. The number of rotatable bonds is 8. The summed E-state index contributed by atoms with van der Waals surface area (Å²) in [6.45, 7) is 5.88. The number of carbonyl (C=O) groups excluding carboxylic acids is 1. The maximum Gasteiger partial charge on any atom is 0.305 e. The Morgan fingerprint density at radius 3 is 2.59 bits per heavy atom. The molecule has 0 aliphatic heterocycles. The van der Waals surface area contributed by atoms with Crippen LogP contribution in [0.1, 0.15) is 36.4 Å². The molecular weight excluding hydrogens is 413 g/mol. The number of nitrogens with one attached hydrogen (secondary N) is 2. The molecule has 0 unspecified atom stereocenters.